The van der Waals surface area contributed by atoms with Gasteiger partial charge in [0.15, 0.2) is 10.8 Å². The Balaban J connectivity index is 1.81. The van der Waals surface area contributed by atoms with Gasteiger partial charge in [0.25, 0.3) is 5.91 Å². The smallest absolute Gasteiger partial charge is 0.357 e. The molecule has 3 rings (SSSR count). The second-order valence-electron chi connectivity index (χ2n) is 6.82. The van der Waals surface area contributed by atoms with Crippen LogP contribution in [0.25, 0.3) is 0 Å². The summed E-state index contributed by atoms with van der Waals surface area (Å²) in [7, 11) is 1.33. The molecule has 0 bridgehead atoms. The Morgan fingerprint density at radius 3 is 2.48 bits per heavy atom. The molecule has 1 amide bonds. The fourth-order valence-electron chi connectivity index (χ4n) is 2.88. The first-order chi connectivity index (χ1) is 13.9. The van der Waals surface area contributed by atoms with E-state index in [2.05, 4.69) is 15.3 Å². The number of hydrogen-bond donors (Lipinski definition) is 1. The molecule has 0 saturated carbocycles. The number of carbonyl (C=O) groups excluding carboxylic acids is 2. The van der Waals surface area contributed by atoms with Crippen molar-refractivity contribution in [3.05, 3.63) is 62.0 Å². The van der Waals surface area contributed by atoms with Crippen molar-refractivity contribution in [1.29, 1.82) is 0 Å². The van der Waals surface area contributed by atoms with E-state index >= 15 is 0 Å². The number of hydrogen-bond acceptors (Lipinski definition) is 7. The lowest BCUT2D eigenvalue weighted by Crippen LogP contribution is -2.13. The SMILES string of the molecule is COC(=O)c1nc(NC(=O)c2sc(C)nc2C(C)C)sc1CCc1ccccc1. The zero-order chi connectivity index (χ0) is 21.0. The van der Waals surface area contributed by atoms with Crippen molar-refractivity contribution in [3.8, 4) is 0 Å². The number of anilines is 1. The average molecular weight is 430 g/mol. The Kier molecular flexibility index (Phi) is 6.76. The van der Waals surface area contributed by atoms with Gasteiger partial charge in [-0.15, -0.1) is 22.7 Å². The van der Waals surface area contributed by atoms with Crippen molar-refractivity contribution in [2.24, 2.45) is 0 Å². The number of nitrogens with zero attached hydrogens (tertiary/aromatic N) is 2. The fraction of sp³-hybridized carbons (Fsp3) is 0.333. The minimum absolute atomic E-state index is 0.143. The van der Waals surface area contributed by atoms with E-state index in [4.69, 9.17) is 4.74 Å². The molecule has 1 N–H and O–H groups in total. The minimum atomic E-state index is -0.499. The molecule has 3 aromatic rings. The summed E-state index contributed by atoms with van der Waals surface area (Å²) >= 11 is 2.67. The molecular formula is C21H23N3O3S2. The van der Waals surface area contributed by atoms with Crippen LogP contribution < -0.4 is 5.32 Å². The molecule has 8 heteroatoms. The first kappa shape index (κ1) is 21.1. The first-order valence-corrected chi connectivity index (χ1v) is 10.9. The molecule has 2 aromatic heterocycles. The van der Waals surface area contributed by atoms with Crippen molar-refractivity contribution in [3.63, 3.8) is 0 Å². The average Bonchev–Trinajstić information content (AvgIpc) is 3.30. The summed E-state index contributed by atoms with van der Waals surface area (Å²) in [6, 6.07) is 10.0. The van der Waals surface area contributed by atoms with E-state index in [1.165, 1.54) is 35.3 Å². The normalized spacial score (nSPS) is 10.9. The van der Waals surface area contributed by atoms with Gasteiger partial charge in [0.05, 0.1) is 17.8 Å². The van der Waals surface area contributed by atoms with E-state index in [-0.39, 0.29) is 17.5 Å². The van der Waals surface area contributed by atoms with Gasteiger partial charge >= 0.3 is 5.97 Å². The predicted octanol–water partition coefficient (Wildman–Crippen LogP) is 4.86. The molecule has 0 saturated heterocycles. The van der Waals surface area contributed by atoms with Crippen LogP contribution in [0.4, 0.5) is 5.13 Å². The highest BCUT2D eigenvalue weighted by Gasteiger charge is 2.23. The lowest BCUT2D eigenvalue weighted by Gasteiger charge is -2.04. The Morgan fingerprint density at radius 1 is 1.10 bits per heavy atom. The zero-order valence-corrected chi connectivity index (χ0v) is 18.4. The van der Waals surface area contributed by atoms with Gasteiger partial charge in [0, 0.05) is 4.88 Å². The standard InChI is InChI=1S/C21H23N3O3S2/c1-12(2)16-18(28-13(3)22-16)19(25)24-21-23-17(20(26)27-4)15(29-21)11-10-14-8-6-5-7-9-14/h5-9,12H,10-11H2,1-4H3,(H,23,24,25). The number of esters is 1. The molecule has 2 heterocycles. The number of aryl methyl sites for hydroxylation is 3. The number of methoxy groups -OCH3 is 1. The second-order valence-corrected chi connectivity index (χ2v) is 9.11. The highest BCUT2D eigenvalue weighted by Crippen LogP contribution is 2.29. The van der Waals surface area contributed by atoms with Crippen LogP contribution in [0.1, 0.15) is 61.1 Å². The molecule has 29 heavy (non-hydrogen) atoms. The number of carbonyl (C=O) groups is 2. The van der Waals surface area contributed by atoms with E-state index in [0.717, 1.165) is 22.0 Å². The minimum Gasteiger partial charge on any atom is -0.464 e. The zero-order valence-electron chi connectivity index (χ0n) is 16.8. The van der Waals surface area contributed by atoms with Gasteiger partial charge in [-0.25, -0.2) is 14.8 Å². The first-order valence-electron chi connectivity index (χ1n) is 9.29. The Labute approximate surface area is 178 Å². The second kappa shape index (κ2) is 9.28. The van der Waals surface area contributed by atoms with Crippen LogP contribution in [-0.2, 0) is 17.6 Å². The molecule has 0 aliphatic rings. The molecule has 0 fully saturated rings. The number of aromatic nitrogens is 2. The summed E-state index contributed by atoms with van der Waals surface area (Å²) < 4.78 is 4.87. The van der Waals surface area contributed by atoms with Crippen molar-refractivity contribution >= 4 is 39.7 Å². The quantitative estimate of drug-likeness (QED) is 0.543. The summed E-state index contributed by atoms with van der Waals surface area (Å²) in [6.07, 6.45) is 1.41. The molecule has 0 unspecified atom stereocenters. The Bertz CT molecular complexity index is 1010. The van der Waals surface area contributed by atoms with Gasteiger partial charge in [-0.2, -0.15) is 0 Å². The number of benzene rings is 1. The molecule has 0 atom stereocenters. The van der Waals surface area contributed by atoms with Crippen molar-refractivity contribution in [1.82, 2.24) is 9.97 Å². The summed E-state index contributed by atoms with van der Waals surface area (Å²) in [5, 5.41) is 4.07. The molecular weight excluding hydrogens is 406 g/mol. The molecule has 0 spiro atoms. The number of amides is 1. The van der Waals surface area contributed by atoms with Crippen molar-refractivity contribution < 1.29 is 14.3 Å². The maximum Gasteiger partial charge on any atom is 0.357 e. The van der Waals surface area contributed by atoms with E-state index in [1.54, 1.807) is 0 Å². The molecule has 0 aliphatic heterocycles. The molecule has 6 nitrogen and oxygen atoms in total. The predicted molar refractivity (Wildman–Crippen MR) is 116 cm³/mol. The number of rotatable bonds is 7. The van der Waals surface area contributed by atoms with E-state index in [9.17, 15) is 9.59 Å². The maximum absolute atomic E-state index is 12.8. The van der Waals surface area contributed by atoms with Crippen LogP contribution in [-0.4, -0.2) is 29.0 Å². The lowest BCUT2D eigenvalue weighted by molar-refractivity contribution is 0.0593. The van der Waals surface area contributed by atoms with Crippen LogP contribution in [0.3, 0.4) is 0 Å². The Hall–Kier alpha value is -2.58. The maximum atomic E-state index is 12.8. The summed E-state index contributed by atoms with van der Waals surface area (Å²) in [5.74, 6) is -0.607. The van der Waals surface area contributed by atoms with Crippen molar-refractivity contribution in [2.75, 3.05) is 12.4 Å². The van der Waals surface area contributed by atoms with Crippen LogP contribution in [0.2, 0.25) is 0 Å². The molecule has 152 valence electrons. The van der Waals surface area contributed by atoms with Gasteiger partial charge < -0.3 is 4.74 Å². The van der Waals surface area contributed by atoms with E-state index in [1.807, 2.05) is 51.1 Å². The van der Waals surface area contributed by atoms with Crippen LogP contribution in [0.15, 0.2) is 30.3 Å². The van der Waals surface area contributed by atoms with Crippen molar-refractivity contribution in [2.45, 2.75) is 39.5 Å². The summed E-state index contributed by atoms with van der Waals surface area (Å²) in [5.41, 5.74) is 2.20. The van der Waals surface area contributed by atoms with E-state index < -0.39 is 5.97 Å². The van der Waals surface area contributed by atoms with Crippen LogP contribution >= 0.6 is 22.7 Å². The van der Waals surface area contributed by atoms with E-state index in [0.29, 0.717) is 16.4 Å². The number of nitrogens with one attached hydrogen (secondary N) is 1. The monoisotopic (exact) mass is 429 g/mol. The lowest BCUT2D eigenvalue weighted by atomic mass is 10.1. The highest BCUT2D eigenvalue weighted by atomic mass is 32.1. The molecule has 0 aliphatic carbocycles. The highest BCUT2D eigenvalue weighted by molar-refractivity contribution is 7.16. The number of ether oxygens (including phenoxy) is 1. The van der Waals surface area contributed by atoms with Gasteiger partial charge in [-0.05, 0) is 31.2 Å². The summed E-state index contributed by atoms with van der Waals surface area (Å²) in [6.45, 7) is 5.89. The summed E-state index contributed by atoms with van der Waals surface area (Å²) in [4.78, 5) is 35.1. The van der Waals surface area contributed by atoms with Gasteiger partial charge in [0.2, 0.25) is 0 Å². The van der Waals surface area contributed by atoms with Gasteiger partial charge in [-0.3, -0.25) is 10.1 Å². The van der Waals surface area contributed by atoms with Crippen LogP contribution in [0, 0.1) is 6.92 Å². The third-order valence-electron chi connectivity index (χ3n) is 4.29. The largest absolute Gasteiger partial charge is 0.464 e. The van der Waals surface area contributed by atoms with Crippen LogP contribution in [0.5, 0.6) is 0 Å². The van der Waals surface area contributed by atoms with Gasteiger partial charge in [-0.1, -0.05) is 44.2 Å². The molecule has 1 aromatic carbocycles. The molecule has 0 radical (unpaired) electrons. The Morgan fingerprint density at radius 2 is 1.83 bits per heavy atom. The third kappa shape index (κ3) is 5.07. The number of thiazole rings is 2. The fourth-order valence-corrected chi connectivity index (χ4v) is 4.80. The topological polar surface area (TPSA) is 81.2 Å². The third-order valence-corrected chi connectivity index (χ3v) is 6.31. The van der Waals surface area contributed by atoms with Gasteiger partial charge in [0.1, 0.15) is 4.88 Å².